The molecule has 2 aliphatic heterocycles. The maximum absolute atomic E-state index is 14.5. The van der Waals surface area contributed by atoms with Crippen LogP contribution in [0, 0.1) is 0 Å². The van der Waals surface area contributed by atoms with E-state index in [2.05, 4.69) is 63.9 Å². The van der Waals surface area contributed by atoms with E-state index in [1.165, 1.54) is 46.7 Å². The summed E-state index contributed by atoms with van der Waals surface area (Å²) < 4.78 is 93.0. The number of amides is 2. The van der Waals surface area contributed by atoms with E-state index < -0.39 is 50.5 Å². The standard InChI is InChI=1S/2C19H20F3N7O2/c2*1-2-16(30)28-6-4-13(20)14(9-28)31-18-12-3-5-23-17(12)26-19(27-18)25-11-7-24-29(8-11)10-15(21)22/h2*2-3,5,7-8,13-15H,1,4,6,9-10H2,(H2,23,25,26,27)/t2*13-,14-/m10/s1. The van der Waals surface area contributed by atoms with Crippen molar-refractivity contribution in [2.45, 2.75) is 63.3 Å². The number of nitrogens with one attached hydrogen (secondary N) is 4. The Labute approximate surface area is 348 Å². The summed E-state index contributed by atoms with van der Waals surface area (Å²) >= 11 is 0. The van der Waals surface area contributed by atoms with Gasteiger partial charge in [0.1, 0.15) is 48.9 Å². The highest BCUT2D eigenvalue weighted by Gasteiger charge is 2.35. The Kier molecular flexibility index (Phi) is 13.2. The summed E-state index contributed by atoms with van der Waals surface area (Å²) in [5.74, 6) is -0.0848. The zero-order chi connectivity index (χ0) is 43.9. The monoisotopic (exact) mass is 870 g/mol. The second-order valence-electron chi connectivity index (χ2n) is 14.0. The van der Waals surface area contributed by atoms with Gasteiger partial charge in [0.05, 0.1) is 47.6 Å². The zero-order valence-corrected chi connectivity index (χ0v) is 32.7. The number of nitrogens with zero attached hydrogens (tertiary/aromatic N) is 10. The first-order valence-electron chi connectivity index (χ1n) is 19.1. The number of piperidine rings is 2. The number of aromatic amines is 2. The SMILES string of the molecule is C=CC(=O)N1CC[C@@H](F)[C@H](Oc2nc(Nc3cnn(CC(F)F)c3)nc3[nH]ccc23)C1.C=CC(=O)N1CC[C@H](F)[C@@H](Oc2nc(Nc3cnn(CC(F)F)c3)nc3[nH]ccc23)C1. The van der Waals surface area contributed by atoms with Gasteiger partial charge >= 0.3 is 0 Å². The predicted octanol–water partition coefficient (Wildman–Crippen LogP) is 5.33. The third-order valence-corrected chi connectivity index (χ3v) is 9.65. The largest absolute Gasteiger partial charge is 0.469 e. The lowest BCUT2D eigenvalue weighted by Gasteiger charge is -2.34. The molecule has 0 radical (unpaired) electrons. The third-order valence-electron chi connectivity index (χ3n) is 9.65. The van der Waals surface area contributed by atoms with Crippen molar-refractivity contribution in [3.8, 4) is 11.8 Å². The van der Waals surface area contributed by atoms with Crippen LogP contribution in [0.25, 0.3) is 22.1 Å². The Balaban J connectivity index is 0.000000186. The number of aromatic nitrogens is 10. The van der Waals surface area contributed by atoms with Crippen molar-refractivity contribution < 1.29 is 45.4 Å². The summed E-state index contributed by atoms with van der Waals surface area (Å²) in [6.45, 7) is 6.53. The summed E-state index contributed by atoms with van der Waals surface area (Å²) in [4.78, 5) is 49.9. The second-order valence-corrected chi connectivity index (χ2v) is 14.0. The lowest BCUT2D eigenvalue weighted by Crippen LogP contribution is -2.49. The van der Waals surface area contributed by atoms with Crippen LogP contribution in [0.3, 0.4) is 0 Å². The van der Waals surface area contributed by atoms with Crippen LogP contribution in [0.4, 0.5) is 49.6 Å². The molecule has 0 aromatic carbocycles. The van der Waals surface area contributed by atoms with Crippen LogP contribution in [0.15, 0.2) is 74.6 Å². The number of hydrogen-bond acceptors (Lipinski definition) is 12. The average Bonchev–Trinajstić information content (AvgIpc) is 4.08. The van der Waals surface area contributed by atoms with Gasteiger partial charge < -0.3 is 39.9 Å². The summed E-state index contributed by atoms with van der Waals surface area (Å²) in [5, 5.41) is 14.5. The van der Waals surface area contributed by atoms with Crippen LogP contribution >= 0.6 is 0 Å². The van der Waals surface area contributed by atoms with Crippen molar-refractivity contribution in [2.75, 3.05) is 36.8 Å². The van der Waals surface area contributed by atoms with Gasteiger partial charge in [-0.3, -0.25) is 19.0 Å². The maximum Gasteiger partial charge on any atom is 0.257 e. The molecule has 6 aromatic rings. The first-order chi connectivity index (χ1) is 29.8. The van der Waals surface area contributed by atoms with Crippen LogP contribution < -0.4 is 20.1 Å². The van der Waals surface area contributed by atoms with Crippen molar-refractivity contribution in [3.05, 3.63) is 74.6 Å². The van der Waals surface area contributed by atoms with Gasteiger partial charge in [0.2, 0.25) is 35.5 Å². The van der Waals surface area contributed by atoms with Crippen molar-refractivity contribution in [2.24, 2.45) is 0 Å². The highest BCUT2D eigenvalue weighted by atomic mass is 19.3. The minimum absolute atomic E-state index is 0.0606. The van der Waals surface area contributed by atoms with Crippen LogP contribution in [0.1, 0.15) is 12.8 Å². The second kappa shape index (κ2) is 19.1. The highest BCUT2D eigenvalue weighted by molar-refractivity contribution is 5.88. The molecule has 62 heavy (non-hydrogen) atoms. The molecular weight excluding hydrogens is 830 g/mol. The molecule has 0 unspecified atom stereocenters. The molecule has 2 amide bonds. The molecule has 2 fully saturated rings. The zero-order valence-electron chi connectivity index (χ0n) is 32.7. The van der Waals surface area contributed by atoms with Gasteiger partial charge in [-0.2, -0.15) is 30.1 Å². The van der Waals surface area contributed by atoms with E-state index in [1.54, 1.807) is 24.5 Å². The molecule has 2 aliphatic rings. The Morgan fingerprint density at radius 1 is 0.726 bits per heavy atom. The van der Waals surface area contributed by atoms with Crippen molar-refractivity contribution in [3.63, 3.8) is 0 Å². The number of halogens is 6. The fourth-order valence-corrected chi connectivity index (χ4v) is 6.66. The van der Waals surface area contributed by atoms with Gasteiger partial charge in [-0.15, -0.1) is 0 Å². The fraction of sp³-hybridized carbons (Fsp3) is 0.368. The first kappa shape index (κ1) is 43.0. The number of anilines is 4. The lowest BCUT2D eigenvalue weighted by atomic mass is 10.1. The van der Waals surface area contributed by atoms with Crippen LogP contribution in [0.2, 0.25) is 0 Å². The van der Waals surface area contributed by atoms with E-state index in [-0.39, 0.29) is 74.5 Å². The predicted molar refractivity (Wildman–Crippen MR) is 212 cm³/mol. The normalized spacial score (nSPS) is 19.0. The van der Waals surface area contributed by atoms with Gasteiger partial charge in [0.25, 0.3) is 12.9 Å². The number of fused-ring (bicyclic) bond motifs is 2. The van der Waals surface area contributed by atoms with E-state index in [9.17, 15) is 35.9 Å². The van der Waals surface area contributed by atoms with Gasteiger partial charge in [0, 0.05) is 37.9 Å². The maximum atomic E-state index is 14.5. The molecule has 328 valence electrons. The summed E-state index contributed by atoms with van der Waals surface area (Å²) in [6, 6.07) is 3.38. The average molecular weight is 871 g/mol. The minimum Gasteiger partial charge on any atom is -0.469 e. The van der Waals surface area contributed by atoms with E-state index >= 15 is 0 Å². The third kappa shape index (κ3) is 10.4. The molecule has 6 aromatic heterocycles. The quantitative estimate of drug-likeness (QED) is 0.0811. The van der Waals surface area contributed by atoms with Gasteiger partial charge in [-0.05, 0) is 37.1 Å². The van der Waals surface area contributed by atoms with Crippen molar-refractivity contribution in [1.29, 1.82) is 0 Å². The topological polar surface area (TPSA) is 202 Å². The summed E-state index contributed by atoms with van der Waals surface area (Å²) in [7, 11) is 0. The van der Waals surface area contributed by atoms with Gasteiger partial charge in [-0.25, -0.2) is 26.3 Å². The molecule has 4 N–H and O–H groups in total. The van der Waals surface area contributed by atoms with E-state index in [4.69, 9.17) is 9.47 Å². The Bertz CT molecular complexity index is 2340. The van der Waals surface area contributed by atoms with Gasteiger partial charge in [0.15, 0.2) is 0 Å². The number of likely N-dealkylation sites (tertiary alicyclic amines) is 2. The molecule has 0 spiro atoms. The number of ether oxygens (including phenoxy) is 2. The molecule has 2 saturated heterocycles. The van der Waals surface area contributed by atoms with Crippen LogP contribution in [-0.2, 0) is 22.7 Å². The highest BCUT2D eigenvalue weighted by Crippen LogP contribution is 2.30. The Morgan fingerprint density at radius 3 is 1.53 bits per heavy atom. The number of carbonyl (C=O) groups is 2. The molecule has 18 nitrogen and oxygen atoms in total. The molecule has 0 saturated carbocycles. The Morgan fingerprint density at radius 2 is 1.15 bits per heavy atom. The summed E-state index contributed by atoms with van der Waals surface area (Å²) in [6.07, 6.45) is 2.00. The number of hydrogen-bond donors (Lipinski definition) is 4. The fourth-order valence-electron chi connectivity index (χ4n) is 6.66. The number of rotatable bonds is 14. The summed E-state index contributed by atoms with van der Waals surface area (Å²) in [5.41, 5.74) is 1.69. The molecule has 4 atom stereocenters. The lowest BCUT2D eigenvalue weighted by molar-refractivity contribution is -0.130. The molecule has 0 aliphatic carbocycles. The van der Waals surface area contributed by atoms with Crippen LogP contribution in [-0.4, -0.2) is 135 Å². The van der Waals surface area contributed by atoms with E-state index in [1.807, 2.05) is 0 Å². The number of H-pyrrole nitrogens is 2. The van der Waals surface area contributed by atoms with Crippen LogP contribution in [0.5, 0.6) is 11.8 Å². The van der Waals surface area contributed by atoms with Gasteiger partial charge in [-0.1, -0.05) is 13.2 Å². The molecule has 8 rings (SSSR count). The number of alkyl halides is 6. The van der Waals surface area contributed by atoms with Crippen molar-refractivity contribution >= 4 is 57.2 Å². The van der Waals surface area contributed by atoms with E-state index in [0.717, 1.165) is 9.36 Å². The van der Waals surface area contributed by atoms with E-state index in [0.29, 0.717) is 33.4 Å². The molecular formula is C38H40F6N14O4. The Hall–Kier alpha value is -7.14. The molecule has 8 heterocycles. The van der Waals surface area contributed by atoms with Crippen molar-refractivity contribution in [1.82, 2.24) is 59.3 Å². The molecule has 0 bridgehead atoms. The smallest absolute Gasteiger partial charge is 0.257 e. The minimum atomic E-state index is -2.53. The number of carbonyl (C=O) groups excluding carboxylic acids is 2. The first-order valence-corrected chi connectivity index (χ1v) is 19.1. The molecule has 24 heteroatoms.